The predicted molar refractivity (Wildman–Crippen MR) is 156 cm³/mol. The molecule has 208 valence electrons. The molecule has 4 aliphatic carbocycles. The number of hydrogen-bond donors (Lipinski definition) is 3. The number of nitrogens with one attached hydrogen (secondary N) is 3. The molecule has 4 nitrogen and oxygen atoms in total. The van der Waals surface area contributed by atoms with Crippen LogP contribution < -0.4 is 10.8 Å². The molecule has 3 N–H and O–H groups in total. The summed E-state index contributed by atoms with van der Waals surface area (Å²) in [6.07, 6.45) is 15.3. The van der Waals surface area contributed by atoms with Crippen LogP contribution in [0.3, 0.4) is 0 Å². The summed E-state index contributed by atoms with van der Waals surface area (Å²) >= 11 is 0. The summed E-state index contributed by atoms with van der Waals surface area (Å²) < 4.78 is 0. The van der Waals surface area contributed by atoms with Gasteiger partial charge in [-0.05, 0) is 113 Å². The number of allylic oxidation sites excluding steroid dienone is 3. The molecule has 3 saturated carbocycles. The molecule has 0 bridgehead atoms. The molecule has 0 aliphatic heterocycles. The second kappa shape index (κ2) is 14.8. The van der Waals surface area contributed by atoms with Crippen molar-refractivity contribution in [3.05, 3.63) is 23.8 Å². The Hall–Kier alpha value is -0.970. The van der Waals surface area contributed by atoms with E-state index in [-0.39, 0.29) is 0 Å². The number of rotatable bonds is 9. The van der Waals surface area contributed by atoms with Crippen molar-refractivity contribution in [3.63, 3.8) is 0 Å². The average Bonchev–Trinajstić information content (AvgIpc) is 3.23. The first-order chi connectivity index (χ1) is 17.3. The maximum Gasteiger partial charge on any atom is 0.0694 e. The van der Waals surface area contributed by atoms with Gasteiger partial charge in [0.15, 0.2) is 0 Å². The fraction of sp³-hybridized carbons (Fsp3) is 0.844. The Kier molecular flexibility index (Phi) is 12.9. The maximum absolute atomic E-state index is 8.26. The lowest BCUT2D eigenvalue weighted by Crippen LogP contribution is -2.50. The van der Waals surface area contributed by atoms with E-state index >= 15 is 0 Å². The second-order valence-corrected chi connectivity index (χ2v) is 12.0. The monoisotopic (exact) mass is 501 g/mol. The van der Waals surface area contributed by atoms with Gasteiger partial charge in [-0.2, -0.15) is 0 Å². The third kappa shape index (κ3) is 7.11. The summed E-state index contributed by atoms with van der Waals surface area (Å²) in [4.78, 5) is 5.07. The van der Waals surface area contributed by atoms with Crippen LogP contribution >= 0.6 is 0 Å². The van der Waals surface area contributed by atoms with Crippen LogP contribution in [0.5, 0.6) is 0 Å². The van der Waals surface area contributed by atoms with Crippen molar-refractivity contribution in [1.82, 2.24) is 10.8 Å². The zero-order valence-corrected chi connectivity index (χ0v) is 24.9. The molecule has 36 heavy (non-hydrogen) atoms. The van der Waals surface area contributed by atoms with Crippen LogP contribution in [0.4, 0.5) is 0 Å². The minimum absolute atomic E-state index is 0.419. The van der Waals surface area contributed by atoms with Gasteiger partial charge >= 0.3 is 0 Å². The quantitative estimate of drug-likeness (QED) is 0.170. The highest BCUT2D eigenvalue weighted by Crippen LogP contribution is 2.66. The van der Waals surface area contributed by atoms with Gasteiger partial charge in [-0.25, -0.2) is 5.48 Å². The van der Waals surface area contributed by atoms with E-state index in [9.17, 15) is 0 Å². The van der Waals surface area contributed by atoms with E-state index in [4.69, 9.17) is 10.2 Å². The van der Waals surface area contributed by atoms with Gasteiger partial charge in [0, 0.05) is 18.2 Å². The molecule has 0 amide bonds. The summed E-state index contributed by atoms with van der Waals surface area (Å²) in [6, 6.07) is 0. The fourth-order valence-corrected chi connectivity index (χ4v) is 8.11. The van der Waals surface area contributed by atoms with E-state index in [0.717, 1.165) is 56.1 Å². The largest absolute Gasteiger partial charge is 0.317 e. The molecule has 3 fully saturated rings. The molecule has 4 rings (SSSR count). The Bertz CT molecular complexity index is 723. The van der Waals surface area contributed by atoms with Crippen molar-refractivity contribution in [2.24, 2.45) is 34.5 Å². The standard InChI is InChI=1S/C22H33N.C8H20N2O.C2H6/c1-14-9-11-21(3)16(13-14)5-6-17-19-8-7-18(15(2)23)22(19,4)12-10-20(17)21;1-3-6-9-7-5-8-11-10-4-2;1-2/h13,17-20,23H,1,5-12H2,2-4H3;9-10H,3-8H2,1-2H3;1-2H3. The summed E-state index contributed by atoms with van der Waals surface area (Å²) in [5.74, 6) is 3.23. The van der Waals surface area contributed by atoms with Crippen molar-refractivity contribution in [3.8, 4) is 0 Å². The SMILES string of the molecule is C=C1C=C2CCC3C(CCC4(C)C(C(C)=N)CCC34)C2(C)CC1.CC.CCCNCCCONCC. The van der Waals surface area contributed by atoms with Gasteiger partial charge < -0.3 is 15.6 Å². The topological polar surface area (TPSA) is 57.1 Å². The Balaban J connectivity index is 0.000000300. The fourth-order valence-electron chi connectivity index (χ4n) is 8.11. The molecule has 0 aromatic heterocycles. The van der Waals surface area contributed by atoms with Crippen molar-refractivity contribution in [2.75, 3.05) is 26.2 Å². The van der Waals surface area contributed by atoms with E-state index in [1.165, 1.54) is 63.4 Å². The minimum Gasteiger partial charge on any atom is -0.317 e. The summed E-state index contributed by atoms with van der Waals surface area (Å²) in [5.41, 5.74) is 7.70. The van der Waals surface area contributed by atoms with E-state index < -0.39 is 0 Å². The molecular formula is C32H59N3O. The zero-order chi connectivity index (χ0) is 26.8. The lowest BCUT2D eigenvalue weighted by atomic mass is 9.46. The molecule has 0 aromatic carbocycles. The van der Waals surface area contributed by atoms with Gasteiger partial charge in [-0.3, -0.25) is 0 Å². The first kappa shape index (κ1) is 31.2. The predicted octanol–water partition coefficient (Wildman–Crippen LogP) is 8.10. The van der Waals surface area contributed by atoms with Gasteiger partial charge in [0.1, 0.15) is 0 Å². The van der Waals surface area contributed by atoms with Gasteiger partial charge in [0.25, 0.3) is 0 Å². The first-order valence-electron chi connectivity index (χ1n) is 15.3. The number of hydrogen-bond acceptors (Lipinski definition) is 4. The van der Waals surface area contributed by atoms with Crippen molar-refractivity contribution >= 4 is 5.71 Å². The van der Waals surface area contributed by atoms with Gasteiger partial charge in [0.2, 0.25) is 0 Å². The van der Waals surface area contributed by atoms with E-state index in [1.54, 1.807) is 5.57 Å². The number of hydroxylamine groups is 1. The highest BCUT2D eigenvalue weighted by atomic mass is 16.6. The third-order valence-corrected chi connectivity index (χ3v) is 9.88. The van der Waals surface area contributed by atoms with Crippen molar-refractivity contribution in [1.29, 1.82) is 5.41 Å². The van der Waals surface area contributed by atoms with Crippen LogP contribution in [0.15, 0.2) is 23.8 Å². The van der Waals surface area contributed by atoms with E-state index in [1.807, 2.05) is 20.8 Å². The molecule has 0 radical (unpaired) electrons. The number of fused-ring (bicyclic) bond motifs is 5. The average molecular weight is 502 g/mol. The summed E-state index contributed by atoms with van der Waals surface area (Å²) in [5, 5.41) is 11.6. The Morgan fingerprint density at radius 2 is 1.81 bits per heavy atom. The molecule has 0 saturated heterocycles. The lowest BCUT2D eigenvalue weighted by molar-refractivity contribution is -0.0417. The van der Waals surface area contributed by atoms with Crippen LogP contribution in [-0.4, -0.2) is 32.0 Å². The smallest absolute Gasteiger partial charge is 0.0694 e. The maximum atomic E-state index is 8.26. The Labute approximate surface area is 224 Å². The van der Waals surface area contributed by atoms with E-state index in [0.29, 0.717) is 16.7 Å². The van der Waals surface area contributed by atoms with Gasteiger partial charge in [-0.1, -0.05) is 65.3 Å². The normalized spacial score (nSPS) is 34.6. The molecular weight excluding hydrogens is 442 g/mol. The summed E-state index contributed by atoms with van der Waals surface area (Å²) in [6.45, 7) is 23.4. The molecule has 4 heteroatoms. The molecule has 4 aliphatic rings. The first-order valence-corrected chi connectivity index (χ1v) is 15.3. The molecule has 0 heterocycles. The van der Waals surface area contributed by atoms with Crippen LogP contribution in [0, 0.1) is 39.9 Å². The van der Waals surface area contributed by atoms with Crippen LogP contribution in [0.25, 0.3) is 0 Å². The van der Waals surface area contributed by atoms with Crippen LogP contribution in [-0.2, 0) is 4.84 Å². The van der Waals surface area contributed by atoms with Crippen molar-refractivity contribution < 1.29 is 4.84 Å². The molecule has 0 spiro atoms. The Morgan fingerprint density at radius 3 is 2.47 bits per heavy atom. The highest BCUT2D eigenvalue weighted by Gasteiger charge is 2.58. The third-order valence-electron chi connectivity index (χ3n) is 9.88. The highest BCUT2D eigenvalue weighted by molar-refractivity contribution is 5.82. The van der Waals surface area contributed by atoms with Gasteiger partial charge in [0.05, 0.1) is 6.61 Å². The lowest BCUT2D eigenvalue weighted by Gasteiger charge is -2.58. The van der Waals surface area contributed by atoms with Gasteiger partial charge in [-0.15, -0.1) is 0 Å². The minimum atomic E-state index is 0.419. The molecule has 0 aromatic rings. The van der Waals surface area contributed by atoms with Crippen molar-refractivity contribution in [2.45, 2.75) is 113 Å². The molecule has 6 unspecified atom stereocenters. The van der Waals surface area contributed by atoms with E-state index in [2.05, 4.69) is 51.1 Å². The zero-order valence-electron chi connectivity index (χ0n) is 24.9. The van der Waals surface area contributed by atoms with Crippen LogP contribution in [0.2, 0.25) is 0 Å². The molecule has 6 atom stereocenters. The summed E-state index contributed by atoms with van der Waals surface area (Å²) in [7, 11) is 0. The van der Waals surface area contributed by atoms with Crippen LogP contribution in [0.1, 0.15) is 113 Å². The Morgan fingerprint density at radius 1 is 1.06 bits per heavy atom. The second-order valence-electron chi connectivity index (χ2n) is 12.0.